The van der Waals surface area contributed by atoms with Crippen LogP contribution in [0.1, 0.15) is 39.6 Å². The van der Waals surface area contributed by atoms with Gasteiger partial charge < -0.3 is 31.4 Å². The highest BCUT2D eigenvalue weighted by molar-refractivity contribution is 7.89. The number of piperazine rings is 1. The van der Waals surface area contributed by atoms with Crippen molar-refractivity contribution in [1.29, 1.82) is 0 Å². The molecule has 5 rings (SSSR count). The number of sulfonamides is 1. The Morgan fingerprint density at radius 3 is 2.71 bits per heavy atom. The lowest BCUT2D eigenvalue weighted by molar-refractivity contribution is -0.138. The van der Waals surface area contributed by atoms with Gasteiger partial charge in [-0.25, -0.2) is 13.4 Å². The van der Waals surface area contributed by atoms with Crippen LogP contribution in [0.3, 0.4) is 0 Å². The Hall–Kier alpha value is -3.57. The van der Waals surface area contributed by atoms with Crippen LogP contribution in [0.5, 0.6) is 0 Å². The number of rotatable bonds is 8. The van der Waals surface area contributed by atoms with Crippen LogP contribution in [-0.2, 0) is 31.0 Å². The Morgan fingerprint density at radius 2 is 2.00 bits per heavy atom. The molecule has 4 heterocycles. The number of hydrogen-bond acceptors (Lipinski definition) is 9. The number of primary amides is 1. The van der Waals surface area contributed by atoms with E-state index in [0.29, 0.717) is 33.0 Å². The molecule has 6 N–H and O–H groups in total. The number of nitrogens with two attached hydrogens (primary N) is 1. The number of aromatic nitrogens is 2. The lowest BCUT2D eigenvalue weighted by Gasteiger charge is -2.40. The van der Waals surface area contributed by atoms with Crippen molar-refractivity contribution in [1.82, 2.24) is 29.8 Å². The molecule has 0 aliphatic carbocycles. The van der Waals surface area contributed by atoms with Crippen LogP contribution in [0.15, 0.2) is 29.3 Å². The summed E-state index contributed by atoms with van der Waals surface area (Å²) in [4.78, 5) is 58.8. The highest BCUT2D eigenvalue weighted by Crippen LogP contribution is 2.33. The lowest BCUT2D eigenvalue weighted by atomic mass is 9.93. The van der Waals surface area contributed by atoms with Crippen LogP contribution < -0.4 is 16.4 Å². The van der Waals surface area contributed by atoms with Crippen molar-refractivity contribution in [3.05, 3.63) is 44.9 Å². The normalized spacial score (nSPS) is 21.2. The minimum Gasteiger partial charge on any atom is -0.480 e. The molecule has 1 saturated heterocycles. The molecule has 0 bridgehead atoms. The van der Waals surface area contributed by atoms with Crippen molar-refractivity contribution in [3.8, 4) is 0 Å². The molecule has 3 atom stereocenters. The molecule has 224 valence electrons. The number of H-pyrrole nitrogens is 1. The number of carbonyl (C=O) groups is 4. The van der Waals surface area contributed by atoms with Crippen molar-refractivity contribution in [2.24, 2.45) is 5.73 Å². The first-order valence-corrected chi connectivity index (χ1v) is 15.6. The van der Waals surface area contributed by atoms with E-state index in [1.165, 1.54) is 15.3 Å². The summed E-state index contributed by atoms with van der Waals surface area (Å²) >= 11 is 7.15. The Labute approximate surface area is 249 Å². The molecule has 2 aromatic heterocycles. The third kappa shape index (κ3) is 5.85. The fourth-order valence-electron chi connectivity index (χ4n) is 5.24. The van der Waals surface area contributed by atoms with E-state index < -0.39 is 52.2 Å². The van der Waals surface area contributed by atoms with E-state index in [1.807, 2.05) is 0 Å². The van der Waals surface area contributed by atoms with Gasteiger partial charge in [0.05, 0.1) is 17.7 Å². The Bertz CT molecular complexity index is 1690. The van der Waals surface area contributed by atoms with E-state index in [-0.39, 0.29) is 42.1 Å². The Kier molecular flexibility index (Phi) is 8.26. The van der Waals surface area contributed by atoms with Gasteiger partial charge in [-0.1, -0.05) is 11.6 Å². The van der Waals surface area contributed by atoms with E-state index in [4.69, 9.17) is 22.4 Å². The maximum atomic E-state index is 13.7. The number of carboxylic acid groups (broad SMARTS) is 1. The summed E-state index contributed by atoms with van der Waals surface area (Å²) in [6.45, 7) is 1.22. The fourth-order valence-corrected chi connectivity index (χ4v) is 7.92. The van der Waals surface area contributed by atoms with Gasteiger partial charge in [0.25, 0.3) is 15.9 Å². The van der Waals surface area contributed by atoms with Gasteiger partial charge in [0, 0.05) is 59.4 Å². The fraction of sp³-hybridized carbons (Fsp3) is 0.400. The SMILES string of the molecule is CC1NCc2sc(C(=O)N3CCN(S(=O)(=O)c4cc5cc(Cl)ccc5[nH]4)CC3CC(=O)NCC(=O)O)nc2C1C(N)=O. The second-order valence-corrected chi connectivity index (χ2v) is 13.6. The van der Waals surface area contributed by atoms with Crippen molar-refractivity contribution in [2.75, 3.05) is 26.2 Å². The van der Waals surface area contributed by atoms with Gasteiger partial charge in [-0.2, -0.15) is 4.31 Å². The monoisotopic (exact) mass is 637 g/mol. The maximum absolute atomic E-state index is 13.7. The molecule has 2 aliphatic heterocycles. The van der Waals surface area contributed by atoms with E-state index in [0.717, 1.165) is 11.3 Å². The van der Waals surface area contributed by atoms with E-state index in [2.05, 4.69) is 20.6 Å². The molecule has 1 aromatic carbocycles. The number of benzene rings is 1. The van der Waals surface area contributed by atoms with Gasteiger partial charge in [-0.05, 0) is 31.2 Å². The van der Waals surface area contributed by atoms with Crippen molar-refractivity contribution < 1.29 is 32.7 Å². The number of fused-ring (bicyclic) bond motifs is 2. The molecule has 17 heteroatoms. The van der Waals surface area contributed by atoms with Crippen LogP contribution in [-0.4, -0.2) is 94.7 Å². The van der Waals surface area contributed by atoms with Crippen LogP contribution >= 0.6 is 22.9 Å². The molecule has 3 amide bonds. The summed E-state index contributed by atoms with van der Waals surface area (Å²) in [5, 5.41) is 15.4. The number of aliphatic carboxylic acids is 1. The van der Waals surface area contributed by atoms with Gasteiger partial charge in [0.1, 0.15) is 11.6 Å². The molecule has 0 spiro atoms. The Morgan fingerprint density at radius 1 is 1.24 bits per heavy atom. The third-order valence-electron chi connectivity index (χ3n) is 7.34. The molecule has 14 nitrogen and oxygen atoms in total. The van der Waals surface area contributed by atoms with Crippen LogP contribution in [0.2, 0.25) is 5.02 Å². The molecule has 2 aliphatic rings. The van der Waals surface area contributed by atoms with E-state index >= 15 is 0 Å². The molecule has 0 radical (unpaired) electrons. The lowest BCUT2D eigenvalue weighted by Crippen LogP contribution is -2.57. The second kappa shape index (κ2) is 11.6. The number of hydrogen-bond donors (Lipinski definition) is 5. The number of aromatic amines is 1. The Balaban J connectivity index is 1.42. The summed E-state index contributed by atoms with van der Waals surface area (Å²) in [6, 6.07) is 5.18. The molecule has 3 aromatic rings. The first kappa shape index (κ1) is 29.9. The number of nitrogens with one attached hydrogen (secondary N) is 3. The predicted molar refractivity (Wildman–Crippen MR) is 153 cm³/mol. The number of thiazole rings is 1. The van der Waals surface area contributed by atoms with Gasteiger partial charge in [0.15, 0.2) is 5.01 Å². The summed E-state index contributed by atoms with van der Waals surface area (Å²) in [7, 11) is -4.07. The van der Waals surface area contributed by atoms with Crippen molar-refractivity contribution in [3.63, 3.8) is 0 Å². The highest BCUT2D eigenvalue weighted by Gasteiger charge is 2.40. The summed E-state index contributed by atoms with van der Waals surface area (Å²) in [6.07, 6.45) is -0.346. The zero-order valence-electron chi connectivity index (χ0n) is 22.3. The average Bonchev–Trinajstić information content (AvgIpc) is 3.55. The van der Waals surface area contributed by atoms with Crippen LogP contribution in [0.4, 0.5) is 0 Å². The van der Waals surface area contributed by atoms with Crippen LogP contribution in [0, 0.1) is 0 Å². The quantitative estimate of drug-likeness (QED) is 0.232. The van der Waals surface area contributed by atoms with Gasteiger partial charge in [0.2, 0.25) is 11.8 Å². The third-order valence-corrected chi connectivity index (χ3v) is 10.4. The maximum Gasteiger partial charge on any atom is 0.322 e. The number of amides is 3. The summed E-state index contributed by atoms with van der Waals surface area (Å²) in [5.74, 6) is -3.74. The zero-order valence-corrected chi connectivity index (χ0v) is 24.7. The zero-order chi connectivity index (χ0) is 30.3. The minimum absolute atomic E-state index is 0.0564. The molecule has 1 fully saturated rings. The largest absolute Gasteiger partial charge is 0.480 e. The van der Waals surface area contributed by atoms with Crippen LogP contribution in [0.25, 0.3) is 10.9 Å². The number of halogens is 1. The molecule has 3 unspecified atom stereocenters. The topological polar surface area (TPSA) is 208 Å². The molecule has 0 saturated carbocycles. The van der Waals surface area contributed by atoms with E-state index in [9.17, 15) is 27.6 Å². The summed E-state index contributed by atoms with van der Waals surface area (Å²) < 4.78 is 28.4. The number of carbonyl (C=O) groups excluding carboxylic acids is 3. The second-order valence-electron chi connectivity index (χ2n) is 10.1. The highest BCUT2D eigenvalue weighted by atomic mass is 35.5. The molecular formula is C25H28ClN7O7S2. The average molecular weight is 638 g/mol. The standard InChI is InChI=1S/C25H28ClN7O7S2/c1-12-21(23(27)37)22-17(9-28-12)41-24(31-22)25(38)33-5-4-32(11-15(33)8-18(34)29-10-20(35)36)42(39,40)19-7-13-6-14(26)2-3-16(13)30-19/h2-3,6-7,12,15,21,28,30H,4-5,8-11H2,1H3,(H2,27,37)(H,29,34)(H,35,36). The smallest absolute Gasteiger partial charge is 0.322 e. The molecule has 42 heavy (non-hydrogen) atoms. The first-order chi connectivity index (χ1) is 19.8. The van der Waals surface area contributed by atoms with Crippen molar-refractivity contribution >= 4 is 67.6 Å². The van der Waals surface area contributed by atoms with Gasteiger partial charge in [-0.15, -0.1) is 11.3 Å². The predicted octanol–water partition coefficient (Wildman–Crippen LogP) is 0.445. The van der Waals surface area contributed by atoms with Crippen molar-refractivity contribution in [2.45, 2.75) is 42.9 Å². The van der Waals surface area contributed by atoms with E-state index in [1.54, 1.807) is 25.1 Å². The molecular weight excluding hydrogens is 610 g/mol. The summed E-state index contributed by atoms with van der Waals surface area (Å²) in [5.41, 5.74) is 6.60. The van der Waals surface area contributed by atoms with Gasteiger partial charge in [-0.3, -0.25) is 19.2 Å². The number of nitrogens with zero attached hydrogens (tertiary/aromatic N) is 3. The number of carboxylic acids is 1. The van der Waals surface area contributed by atoms with Gasteiger partial charge >= 0.3 is 5.97 Å². The first-order valence-electron chi connectivity index (χ1n) is 13.0. The minimum atomic E-state index is -4.07.